The molecular formula is C19H18N2O3S2. The number of amides is 1. The van der Waals surface area contributed by atoms with E-state index in [0.717, 1.165) is 22.5 Å². The molecule has 1 heterocycles. The number of aryl methyl sites for hydroxylation is 2. The van der Waals surface area contributed by atoms with E-state index in [1.807, 2.05) is 44.2 Å². The Morgan fingerprint density at radius 2 is 1.73 bits per heavy atom. The van der Waals surface area contributed by atoms with Gasteiger partial charge >= 0.3 is 0 Å². The molecule has 0 bridgehead atoms. The summed E-state index contributed by atoms with van der Waals surface area (Å²) in [5.74, 6) is -0.339. The first-order valence-electron chi connectivity index (χ1n) is 7.90. The predicted molar refractivity (Wildman–Crippen MR) is 105 cm³/mol. The van der Waals surface area contributed by atoms with Gasteiger partial charge in [0.25, 0.3) is 15.9 Å². The van der Waals surface area contributed by atoms with Crippen LogP contribution in [0.1, 0.15) is 20.8 Å². The summed E-state index contributed by atoms with van der Waals surface area (Å²) in [6.45, 7) is 3.79. The fraction of sp³-hybridized carbons (Fsp3) is 0.105. The molecule has 0 aliphatic carbocycles. The lowest BCUT2D eigenvalue weighted by Crippen LogP contribution is -2.14. The molecule has 0 unspecified atom stereocenters. The molecule has 0 saturated heterocycles. The minimum absolute atomic E-state index is 0.0701. The molecule has 1 aromatic heterocycles. The Hall–Kier alpha value is -2.64. The molecule has 0 radical (unpaired) electrons. The van der Waals surface area contributed by atoms with Crippen LogP contribution in [0, 0.1) is 13.8 Å². The molecule has 7 heteroatoms. The Labute approximate surface area is 156 Å². The minimum atomic E-state index is -3.75. The normalized spacial score (nSPS) is 11.2. The largest absolute Gasteiger partial charge is 0.321 e. The SMILES string of the molecule is Cc1ccc(NS(=O)(=O)c2csc(C(=O)Nc3ccccc3)c2)c(C)c1. The maximum atomic E-state index is 12.6. The van der Waals surface area contributed by atoms with Gasteiger partial charge in [0.1, 0.15) is 0 Å². The van der Waals surface area contributed by atoms with Crippen LogP contribution in [0.3, 0.4) is 0 Å². The van der Waals surface area contributed by atoms with Gasteiger partial charge in [-0.25, -0.2) is 8.42 Å². The van der Waals surface area contributed by atoms with Crippen LogP contribution in [0.15, 0.2) is 64.9 Å². The number of thiophene rings is 1. The number of sulfonamides is 1. The molecule has 0 spiro atoms. The predicted octanol–water partition coefficient (Wildman–Crippen LogP) is 4.42. The average molecular weight is 386 g/mol. The molecule has 0 saturated carbocycles. The number of hydrogen-bond donors (Lipinski definition) is 2. The van der Waals surface area contributed by atoms with Crippen LogP contribution in [-0.2, 0) is 10.0 Å². The van der Waals surface area contributed by atoms with Gasteiger partial charge in [0.05, 0.1) is 15.5 Å². The topological polar surface area (TPSA) is 75.3 Å². The van der Waals surface area contributed by atoms with Gasteiger partial charge in [-0.2, -0.15) is 0 Å². The first-order chi connectivity index (χ1) is 12.3. The summed E-state index contributed by atoms with van der Waals surface area (Å²) in [6.07, 6.45) is 0. The Balaban J connectivity index is 1.78. The fourth-order valence-electron chi connectivity index (χ4n) is 2.42. The van der Waals surface area contributed by atoms with E-state index in [1.165, 1.54) is 11.4 Å². The zero-order valence-electron chi connectivity index (χ0n) is 14.3. The van der Waals surface area contributed by atoms with Crippen LogP contribution < -0.4 is 10.0 Å². The van der Waals surface area contributed by atoms with Crippen molar-refractivity contribution >= 4 is 38.6 Å². The molecule has 3 rings (SSSR count). The molecule has 0 atom stereocenters. The monoisotopic (exact) mass is 386 g/mol. The standard InChI is InChI=1S/C19H18N2O3S2/c1-13-8-9-17(14(2)10-13)21-26(23,24)16-11-18(25-12-16)19(22)20-15-6-4-3-5-7-15/h3-12,21H,1-2H3,(H,20,22). The maximum absolute atomic E-state index is 12.6. The summed E-state index contributed by atoms with van der Waals surface area (Å²) >= 11 is 1.09. The van der Waals surface area contributed by atoms with Crippen molar-refractivity contribution in [2.24, 2.45) is 0 Å². The van der Waals surface area contributed by atoms with Crippen molar-refractivity contribution in [3.63, 3.8) is 0 Å². The highest BCUT2D eigenvalue weighted by Gasteiger charge is 2.19. The van der Waals surface area contributed by atoms with Crippen molar-refractivity contribution in [3.05, 3.63) is 76.0 Å². The van der Waals surface area contributed by atoms with Crippen molar-refractivity contribution < 1.29 is 13.2 Å². The Bertz CT molecular complexity index is 1040. The number of hydrogen-bond acceptors (Lipinski definition) is 4. The molecule has 5 nitrogen and oxygen atoms in total. The van der Waals surface area contributed by atoms with Gasteiger partial charge in [-0.3, -0.25) is 9.52 Å². The van der Waals surface area contributed by atoms with E-state index in [-0.39, 0.29) is 10.8 Å². The lowest BCUT2D eigenvalue weighted by atomic mass is 10.1. The number of carbonyl (C=O) groups is 1. The number of benzene rings is 2. The minimum Gasteiger partial charge on any atom is -0.321 e. The number of anilines is 2. The lowest BCUT2D eigenvalue weighted by molar-refractivity contribution is 0.103. The maximum Gasteiger partial charge on any atom is 0.265 e. The van der Waals surface area contributed by atoms with Crippen molar-refractivity contribution in [1.29, 1.82) is 0 Å². The number of rotatable bonds is 5. The molecule has 134 valence electrons. The molecule has 26 heavy (non-hydrogen) atoms. The van der Waals surface area contributed by atoms with Crippen LogP contribution in [0.5, 0.6) is 0 Å². The van der Waals surface area contributed by atoms with E-state index in [2.05, 4.69) is 10.0 Å². The zero-order valence-corrected chi connectivity index (χ0v) is 15.9. The Morgan fingerprint density at radius 3 is 2.42 bits per heavy atom. The van der Waals surface area contributed by atoms with E-state index in [9.17, 15) is 13.2 Å². The van der Waals surface area contributed by atoms with E-state index in [0.29, 0.717) is 16.3 Å². The van der Waals surface area contributed by atoms with Crippen LogP contribution in [0.2, 0.25) is 0 Å². The smallest absolute Gasteiger partial charge is 0.265 e. The molecule has 0 aliphatic heterocycles. The molecular weight excluding hydrogens is 368 g/mol. The van der Waals surface area contributed by atoms with Crippen LogP contribution in [0.25, 0.3) is 0 Å². The quantitative estimate of drug-likeness (QED) is 0.682. The highest BCUT2D eigenvalue weighted by Crippen LogP contribution is 2.25. The number of carbonyl (C=O) groups excluding carboxylic acids is 1. The lowest BCUT2D eigenvalue weighted by Gasteiger charge is -2.10. The fourth-order valence-corrected chi connectivity index (χ4v) is 4.72. The second kappa shape index (κ2) is 7.31. The zero-order chi connectivity index (χ0) is 18.7. The van der Waals surface area contributed by atoms with Crippen LogP contribution in [-0.4, -0.2) is 14.3 Å². The van der Waals surface area contributed by atoms with Crippen LogP contribution >= 0.6 is 11.3 Å². The van der Waals surface area contributed by atoms with Gasteiger partial charge in [0.2, 0.25) is 0 Å². The summed E-state index contributed by atoms with van der Waals surface area (Å²) in [7, 11) is -3.75. The van der Waals surface area contributed by atoms with E-state index < -0.39 is 10.0 Å². The number of nitrogens with one attached hydrogen (secondary N) is 2. The van der Waals surface area contributed by atoms with Crippen molar-refractivity contribution in [1.82, 2.24) is 0 Å². The van der Waals surface area contributed by atoms with Crippen LogP contribution in [0.4, 0.5) is 11.4 Å². The summed E-state index contributed by atoms with van der Waals surface area (Å²) in [4.78, 5) is 12.7. The highest BCUT2D eigenvalue weighted by atomic mass is 32.2. The Kier molecular flexibility index (Phi) is 5.11. The van der Waals surface area contributed by atoms with E-state index in [4.69, 9.17) is 0 Å². The highest BCUT2D eigenvalue weighted by molar-refractivity contribution is 7.92. The van der Waals surface area contributed by atoms with Gasteiger partial charge in [-0.1, -0.05) is 35.9 Å². The summed E-state index contributed by atoms with van der Waals surface area (Å²) in [6, 6.07) is 15.9. The van der Waals surface area contributed by atoms with Crippen molar-refractivity contribution in [2.45, 2.75) is 18.7 Å². The summed E-state index contributed by atoms with van der Waals surface area (Å²) in [5.41, 5.74) is 3.08. The molecule has 2 aromatic carbocycles. The molecule has 1 amide bonds. The van der Waals surface area contributed by atoms with Gasteiger partial charge in [0, 0.05) is 11.1 Å². The van der Waals surface area contributed by atoms with Gasteiger partial charge in [0.15, 0.2) is 0 Å². The summed E-state index contributed by atoms with van der Waals surface area (Å²) < 4.78 is 27.8. The summed E-state index contributed by atoms with van der Waals surface area (Å²) in [5, 5.41) is 4.21. The third-order valence-corrected chi connectivity index (χ3v) is 6.19. The first-order valence-corrected chi connectivity index (χ1v) is 10.3. The third kappa shape index (κ3) is 4.12. The van der Waals surface area contributed by atoms with E-state index >= 15 is 0 Å². The van der Waals surface area contributed by atoms with Gasteiger partial charge < -0.3 is 5.32 Å². The molecule has 0 aliphatic rings. The number of para-hydroxylation sites is 1. The van der Waals surface area contributed by atoms with Crippen molar-refractivity contribution in [3.8, 4) is 0 Å². The Morgan fingerprint density at radius 1 is 1.00 bits per heavy atom. The molecule has 2 N–H and O–H groups in total. The van der Waals surface area contributed by atoms with Gasteiger partial charge in [-0.15, -0.1) is 11.3 Å². The molecule has 3 aromatic rings. The first kappa shape index (κ1) is 18.2. The third-order valence-electron chi connectivity index (χ3n) is 3.77. The van der Waals surface area contributed by atoms with Crippen molar-refractivity contribution in [2.75, 3.05) is 10.0 Å². The van der Waals surface area contributed by atoms with Gasteiger partial charge in [-0.05, 0) is 43.7 Å². The second-order valence-corrected chi connectivity index (χ2v) is 8.48. The molecule has 0 fully saturated rings. The second-order valence-electron chi connectivity index (χ2n) is 5.89. The van der Waals surface area contributed by atoms with E-state index in [1.54, 1.807) is 18.2 Å². The average Bonchev–Trinajstić information content (AvgIpc) is 3.09.